The number of hydrogen-bond acceptors (Lipinski definition) is 5. The molecule has 0 radical (unpaired) electrons. The highest BCUT2D eigenvalue weighted by Crippen LogP contribution is 2.41. The fourth-order valence-corrected chi connectivity index (χ4v) is 3.74. The van der Waals surface area contributed by atoms with Gasteiger partial charge in [0, 0.05) is 37.7 Å². The third-order valence-electron chi connectivity index (χ3n) is 5.28. The molecule has 2 aromatic rings. The summed E-state index contributed by atoms with van der Waals surface area (Å²) in [5, 5.41) is 13.3. The van der Waals surface area contributed by atoms with Crippen molar-refractivity contribution < 1.29 is 19.1 Å². The molecule has 0 bridgehead atoms. The Bertz CT molecular complexity index is 853. The normalized spacial score (nSPS) is 15.9. The lowest BCUT2D eigenvalue weighted by molar-refractivity contribution is -0.123. The maximum Gasteiger partial charge on any atom is 0.227 e. The molecule has 6 nitrogen and oxygen atoms in total. The molecule has 6 heteroatoms. The van der Waals surface area contributed by atoms with E-state index in [-0.39, 0.29) is 18.1 Å². The van der Waals surface area contributed by atoms with E-state index in [0.717, 1.165) is 12.8 Å². The number of hydrogen-bond donors (Lipinski definition) is 2. The lowest BCUT2D eigenvalue weighted by Gasteiger charge is -2.35. The van der Waals surface area contributed by atoms with Crippen LogP contribution in [0.25, 0.3) is 0 Å². The number of ether oxygens (including phenoxy) is 1. The van der Waals surface area contributed by atoms with Crippen molar-refractivity contribution in [2.75, 3.05) is 19.8 Å². The van der Waals surface area contributed by atoms with Crippen LogP contribution in [-0.2, 0) is 21.4 Å². The van der Waals surface area contributed by atoms with E-state index in [4.69, 9.17) is 9.15 Å². The summed E-state index contributed by atoms with van der Waals surface area (Å²) < 4.78 is 11.2. The highest BCUT2D eigenvalue weighted by Gasteiger charge is 2.41. The number of carbonyl (C=O) groups is 1. The van der Waals surface area contributed by atoms with Gasteiger partial charge in [-0.1, -0.05) is 30.3 Å². The molecule has 0 unspecified atom stereocenters. The third-order valence-corrected chi connectivity index (χ3v) is 5.28. The highest BCUT2D eigenvalue weighted by molar-refractivity contribution is 5.77. The molecule has 0 atom stereocenters. The number of nitrogens with one attached hydrogen (secondary N) is 1. The smallest absolute Gasteiger partial charge is 0.227 e. The average molecular weight is 385 g/mol. The van der Waals surface area contributed by atoms with Crippen molar-refractivity contribution >= 4 is 5.91 Å². The van der Waals surface area contributed by atoms with Crippen LogP contribution in [-0.4, -0.2) is 30.8 Å². The minimum absolute atomic E-state index is 0.112. The first-order valence-electron chi connectivity index (χ1n) is 9.73. The van der Waals surface area contributed by atoms with Crippen molar-refractivity contribution in [1.29, 1.82) is 0 Å². The van der Waals surface area contributed by atoms with Crippen LogP contribution in [0.2, 0.25) is 0 Å². The van der Waals surface area contributed by atoms with Crippen LogP contribution >= 0.6 is 0 Å². The summed E-state index contributed by atoms with van der Waals surface area (Å²) in [4.78, 5) is 24.7. The van der Waals surface area contributed by atoms with Gasteiger partial charge in [-0.05, 0) is 38.2 Å². The summed E-state index contributed by atoms with van der Waals surface area (Å²) in [7, 11) is 0. The lowest BCUT2D eigenvalue weighted by atomic mass is 9.74. The van der Waals surface area contributed by atoms with Gasteiger partial charge in [0.25, 0.3) is 0 Å². The Balaban J connectivity index is 1.66. The number of amides is 1. The van der Waals surface area contributed by atoms with E-state index in [0.29, 0.717) is 38.4 Å². The van der Waals surface area contributed by atoms with E-state index in [2.05, 4.69) is 17.4 Å². The molecule has 3 rings (SSSR count). The minimum atomic E-state index is -0.725. The molecule has 0 saturated carbocycles. The second kappa shape index (κ2) is 9.06. The van der Waals surface area contributed by atoms with Crippen molar-refractivity contribution in [2.45, 2.75) is 44.4 Å². The predicted molar refractivity (Wildman–Crippen MR) is 106 cm³/mol. The fourth-order valence-electron chi connectivity index (χ4n) is 3.74. The van der Waals surface area contributed by atoms with Crippen LogP contribution in [0.5, 0.6) is 5.75 Å². The van der Waals surface area contributed by atoms with Crippen LogP contribution in [0, 0.1) is 6.92 Å². The Kier molecular flexibility index (Phi) is 6.52. The number of aromatic hydroxyl groups is 1. The molecule has 1 aromatic carbocycles. The fraction of sp³-hybridized carbons (Fsp3) is 0.455. The molecule has 1 aliphatic rings. The zero-order valence-corrected chi connectivity index (χ0v) is 16.2. The molecule has 1 saturated heterocycles. The van der Waals surface area contributed by atoms with E-state index in [9.17, 15) is 14.7 Å². The predicted octanol–water partition coefficient (Wildman–Crippen LogP) is 2.84. The summed E-state index contributed by atoms with van der Waals surface area (Å²) >= 11 is 0. The molecule has 1 aliphatic heterocycles. The summed E-state index contributed by atoms with van der Waals surface area (Å²) in [6, 6.07) is 11.4. The van der Waals surface area contributed by atoms with Gasteiger partial charge in [-0.25, -0.2) is 0 Å². The Morgan fingerprint density at radius 2 is 1.93 bits per heavy atom. The quantitative estimate of drug-likeness (QED) is 0.716. The average Bonchev–Trinajstić information content (AvgIpc) is 2.69. The Morgan fingerprint density at radius 3 is 2.64 bits per heavy atom. The Morgan fingerprint density at radius 1 is 1.21 bits per heavy atom. The van der Waals surface area contributed by atoms with Crippen molar-refractivity contribution in [2.24, 2.45) is 0 Å². The third kappa shape index (κ3) is 4.81. The molecule has 1 amide bonds. The second-order valence-electron chi connectivity index (χ2n) is 7.41. The Labute approximate surface area is 164 Å². The van der Waals surface area contributed by atoms with E-state index in [1.54, 1.807) is 6.92 Å². The van der Waals surface area contributed by atoms with E-state index in [1.807, 2.05) is 18.2 Å². The van der Waals surface area contributed by atoms with Crippen LogP contribution in [0.3, 0.4) is 0 Å². The first-order chi connectivity index (χ1) is 13.5. The SMILES string of the molecule is Cc1cc(=O)c(O)c(C2(CC(=O)NCCCc3ccccc3)CCOCC2)o1. The summed E-state index contributed by atoms with van der Waals surface area (Å²) in [6.07, 6.45) is 2.93. The van der Waals surface area contributed by atoms with Gasteiger partial charge in [-0.15, -0.1) is 0 Å². The minimum Gasteiger partial charge on any atom is -0.502 e. The first-order valence-corrected chi connectivity index (χ1v) is 9.73. The molecule has 0 aliphatic carbocycles. The van der Waals surface area contributed by atoms with Crippen LogP contribution in [0.1, 0.15) is 42.8 Å². The zero-order chi connectivity index (χ0) is 20.0. The van der Waals surface area contributed by atoms with Gasteiger partial charge >= 0.3 is 0 Å². The standard InChI is InChI=1S/C22H27NO5/c1-16-14-18(24)20(26)21(28-16)22(9-12-27-13-10-22)15-19(25)23-11-5-8-17-6-3-2-4-7-17/h2-4,6-7,14,26H,5,8-13,15H2,1H3,(H,23,25). The van der Waals surface area contributed by atoms with Crippen molar-refractivity contribution in [3.63, 3.8) is 0 Å². The van der Waals surface area contributed by atoms with Gasteiger partial charge < -0.3 is 19.6 Å². The van der Waals surface area contributed by atoms with Crippen molar-refractivity contribution in [1.82, 2.24) is 5.32 Å². The largest absolute Gasteiger partial charge is 0.502 e. The van der Waals surface area contributed by atoms with E-state index < -0.39 is 16.6 Å². The summed E-state index contributed by atoms with van der Waals surface area (Å²) in [6.45, 7) is 3.15. The first kappa shape index (κ1) is 20.1. The van der Waals surface area contributed by atoms with Gasteiger partial charge in [0.2, 0.25) is 17.1 Å². The summed E-state index contributed by atoms with van der Waals surface area (Å²) in [5.41, 5.74) is 0.0359. The van der Waals surface area contributed by atoms with Crippen LogP contribution in [0.15, 0.2) is 45.6 Å². The van der Waals surface area contributed by atoms with Crippen molar-refractivity contribution in [3.05, 3.63) is 63.7 Å². The number of aryl methyl sites for hydroxylation is 2. The molecule has 2 N–H and O–H groups in total. The van der Waals surface area contributed by atoms with Gasteiger partial charge in [0.1, 0.15) is 5.76 Å². The molecule has 2 heterocycles. The van der Waals surface area contributed by atoms with Gasteiger partial charge in [-0.2, -0.15) is 0 Å². The molecule has 0 spiro atoms. The van der Waals surface area contributed by atoms with Gasteiger partial charge in [-0.3, -0.25) is 9.59 Å². The van der Waals surface area contributed by atoms with E-state index >= 15 is 0 Å². The molecule has 1 aromatic heterocycles. The Hall–Kier alpha value is -2.60. The number of carbonyl (C=O) groups excluding carboxylic acids is 1. The number of rotatable bonds is 7. The molecule has 28 heavy (non-hydrogen) atoms. The second-order valence-corrected chi connectivity index (χ2v) is 7.41. The maximum atomic E-state index is 12.6. The van der Waals surface area contributed by atoms with Crippen molar-refractivity contribution in [3.8, 4) is 5.75 Å². The van der Waals surface area contributed by atoms with E-state index in [1.165, 1.54) is 11.6 Å². The maximum absolute atomic E-state index is 12.6. The molecular formula is C22H27NO5. The van der Waals surface area contributed by atoms with Gasteiger partial charge in [0.05, 0.1) is 0 Å². The molecule has 1 fully saturated rings. The highest BCUT2D eigenvalue weighted by atomic mass is 16.5. The lowest BCUT2D eigenvalue weighted by Crippen LogP contribution is -2.40. The summed E-state index contributed by atoms with van der Waals surface area (Å²) in [5.74, 6) is 0.120. The topological polar surface area (TPSA) is 88.8 Å². The zero-order valence-electron chi connectivity index (χ0n) is 16.2. The number of benzene rings is 1. The van der Waals surface area contributed by atoms with Crippen LogP contribution in [0.4, 0.5) is 0 Å². The molecular weight excluding hydrogens is 358 g/mol. The van der Waals surface area contributed by atoms with Crippen LogP contribution < -0.4 is 10.7 Å². The molecule has 150 valence electrons. The van der Waals surface area contributed by atoms with Gasteiger partial charge in [0.15, 0.2) is 5.76 Å². The monoisotopic (exact) mass is 385 g/mol.